The Balaban J connectivity index is 0.813. The van der Waals surface area contributed by atoms with Gasteiger partial charge < -0.3 is 29.6 Å². The summed E-state index contributed by atoms with van der Waals surface area (Å²) >= 11 is 1.58. The Morgan fingerprint density at radius 1 is 0.881 bits per heavy atom. The van der Waals surface area contributed by atoms with E-state index < -0.39 is 23.7 Å². The van der Waals surface area contributed by atoms with Gasteiger partial charge in [-0.25, -0.2) is 9.78 Å². The maximum Gasteiger partial charge on any atom is 0.407 e. The molecule has 1 saturated heterocycles. The van der Waals surface area contributed by atoms with Crippen molar-refractivity contribution in [3.8, 4) is 21.6 Å². The van der Waals surface area contributed by atoms with Crippen LogP contribution < -0.4 is 10.6 Å². The Morgan fingerprint density at radius 2 is 1.51 bits per heavy atom. The maximum atomic E-state index is 13.9. The molecule has 6 rings (SSSR count). The van der Waals surface area contributed by atoms with Gasteiger partial charge in [0, 0.05) is 47.1 Å². The highest BCUT2D eigenvalue weighted by Gasteiger charge is 2.45. The first-order valence-electron chi connectivity index (χ1n) is 20.4. The van der Waals surface area contributed by atoms with Gasteiger partial charge >= 0.3 is 6.09 Å². The molecule has 4 aromatic rings. The summed E-state index contributed by atoms with van der Waals surface area (Å²) in [5.74, 6) is -0.549. The second kappa shape index (κ2) is 20.8. The van der Waals surface area contributed by atoms with Gasteiger partial charge in [0.25, 0.3) is 12.1 Å². The first kappa shape index (κ1) is 43.6. The molecule has 1 aliphatic heterocycles. The van der Waals surface area contributed by atoms with Gasteiger partial charge in [-0.3, -0.25) is 14.5 Å². The number of nitrogens with one attached hydrogen (secondary N) is 2. The van der Waals surface area contributed by atoms with Crippen molar-refractivity contribution in [1.82, 2.24) is 20.5 Å². The number of ether oxygens (including phenoxy) is 4. The zero-order chi connectivity index (χ0) is 41.8. The van der Waals surface area contributed by atoms with Gasteiger partial charge in [-0.1, -0.05) is 93.6 Å². The van der Waals surface area contributed by atoms with Crippen LogP contribution in [0.2, 0.25) is 0 Å². The molecule has 2 unspecified atom stereocenters. The summed E-state index contributed by atoms with van der Waals surface area (Å²) < 4.78 is 23.3. The van der Waals surface area contributed by atoms with Gasteiger partial charge in [-0.2, -0.15) is 0 Å². The van der Waals surface area contributed by atoms with E-state index in [9.17, 15) is 19.3 Å². The Hall–Kier alpha value is -5.02. The number of likely N-dealkylation sites (tertiary alicyclic amines) is 1. The van der Waals surface area contributed by atoms with E-state index in [1.54, 1.807) is 16.2 Å². The Labute approximate surface area is 350 Å². The lowest BCUT2D eigenvalue weighted by atomic mass is 9.85. The van der Waals surface area contributed by atoms with E-state index in [0.717, 1.165) is 37.6 Å². The molecule has 13 nitrogen and oxygen atoms in total. The maximum absolute atomic E-state index is 13.9. The lowest BCUT2D eigenvalue weighted by molar-refractivity contribution is -0.617. The predicted molar refractivity (Wildman–Crippen MR) is 226 cm³/mol. The molecular weight excluding hydrogens is 771 g/mol. The van der Waals surface area contributed by atoms with Gasteiger partial charge in [-0.05, 0) is 46.6 Å². The van der Waals surface area contributed by atoms with E-state index in [4.69, 9.17) is 18.9 Å². The number of rotatable bonds is 20. The molecule has 2 atom stereocenters. The van der Waals surface area contributed by atoms with Crippen molar-refractivity contribution in [3.63, 3.8) is 0 Å². The van der Waals surface area contributed by atoms with Crippen LogP contribution in [0.4, 0.5) is 4.79 Å². The highest BCUT2D eigenvalue weighted by Crippen LogP contribution is 2.44. The van der Waals surface area contributed by atoms with Crippen LogP contribution >= 0.6 is 11.3 Å². The number of carbonyl (C=O) groups excluding carboxylic acids is 3. The summed E-state index contributed by atoms with van der Waals surface area (Å²) in [5.41, 5.74) is 8.83. The fraction of sp³-hybridized carbons (Fsp3) is 0.467. The molecule has 1 aromatic heterocycles. The van der Waals surface area contributed by atoms with E-state index in [0.29, 0.717) is 59.0 Å². The predicted octanol–water partition coefficient (Wildman–Crippen LogP) is 6.86. The quantitative estimate of drug-likeness (QED) is 0.0721. The number of hydrogen-bond donors (Lipinski definition) is 2. The minimum absolute atomic E-state index is 0.00643. The van der Waals surface area contributed by atoms with Crippen molar-refractivity contribution in [2.24, 2.45) is 5.41 Å². The number of aromatic nitrogens is 1. The van der Waals surface area contributed by atoms with Crippen molar-refractivity contribution >= 4 is 29.2 Å². The molecule has 59 heavy (non-hydrogen) atoms. The molecule has 3 amide bonds. The van der Waals surface area contributed by atoms with E-state index in [1.165, 1.54) is 11.1 Å². The van der Waals surface area contributed by atoms with Crippen LogP contribution in [0.5, 0.6) is 0 Å². The standard InChI is InChI=1S/C45H55N5O8S/c1-31-41(59-30-47-31)33-17-15-32(16-18-33)28-50(54)40-14-9-21-49(40)43(52)42(45(2,3)4)48-39(51)19-22-55-24-26-57-27-25-56-23-20-46-44(53)58-29-38-36-12-7-5-10-34(36)35-11-6-8-13-37(35)38/h5-8,10-13,15-18,30,38,40,42H,9,14,19-29H2,1-4H3,(H-,46,48,51,53)/p+1. The summed E-state index contributed by atoms with van der Waals surface area (Å²) in [5, 5.41) is 5.65. The molecule has 2 aliphatic rings. The van der Waals surface area contributed by atoms with Gasteiger partial charge in [0.1, 0.15) is 12.6 Å². The number of benzene rings is 3. The minimum atomic E-state index is -0.802. The first-order valence-corrected chi connectivity index (χ1v) is 21.2. The first-order chi connectivity index (χ1) is 28.5. The zero-order valence-electron chi connectivity index (χ0n) is 34.4. The molecule has 0 bridgehead atoms. The molecule has 3 aromatic carbocycles. The molecule has 1 aliphatic carbocycles. The average Bonchev–Trinajstić information content (AvgIpc) is 3.97. The number of aryl methyl sites for hydroxylation is 1. The summed E-state index contributed by atoms with van der Waals surface area (Å²) in [4.78, 5) is 59.7. The Morgan fingerprint density at radius 3 is 2.14 bits per heavy atom. The fourth-order valence-corrected chi connectivity index (χ4v) is 8.37. The van der Waals surface area contributed by atoms with E-state index in [1.807, 2.05) is 81.7 Å². The highest BCUT2D eigenvalue weighted by molar-refractivity contribution is 7.13. The number of carbonyl (C=O) groups is 3. The van der Waals surface area contributed by atoms with Crippen LogP contribution in [0.15, 0.2) is 78.3 Å². The number of amides is 3. The largest absolute Gasteiger partial charge is 0.449 e. The van der Waals surface area contributed by atoms with E-state index >= 15 is 0 Å². The number of hydrogen-bond acceptors (Lipinski definition) is 10. The van der Waals surface area contributed by atoms with E-state index in [2.05, 4.69) is 39.9 Å². The van der Waals surface area contributed by atoms with Gasteiger partial charge in [0.15, 0.2) is 0 Å². The number of alkyl carbamates (subject to hydrolysis) is 1. The van der Waals surface area contributed by atoms with Crippen molar-refractivity contribution in [1.29, 1.82) is 0 Å². The third-order valence-electron chi connectivity index (χ3n) is 10.6. The summed E-state index contributed by atoms with van der Waals surface area (Å²) in [6, 6.07) is 23.5. The Bertz CT molecular complexity index is 2000. The second-order valence-electron chi connectivity index (χ2n) is 15.9. The fourth-order valence-electron chi connectivity index (χ4n) is 7.56. The third kappa shape index (κ3) is 11.6. The topological polar surface area (TPSA) is 148 Å². The highest BCUT2D eigenvalue weighted by atomic mass is 32.1. The second-order valence-corrected chi connectivity index (χ2v) is 16.8. The normalized spacial score (nSPS) is 15.4. The zero-order valence-corrected chi connectivity index (χ0v) is 35.3. The summed E-state index contributed by atoms with van der Waals surface area (Å²) in [6.07, 6.45) is 0.273. The average molecular weight is 827 g/mol. The summed E-state index contributed by atoms with van der Waals surface area (Å²) in [7, 11) is 0. The van der Waals surface area contributed by atoms with Gasteiger partial charge in [-0.15, -0.1) is 11.3 Å². The van der Waals surface area contributed by atoms with Crippen molar-refractivity contribution in [2.45, 2.75) is 71.6 Å². The molecule has 0 spiro atoms. The number of nitroso groups, excluding NO2 is 1. The molecule has 0 radical (unpaired) electrons. The van der Waals surface area contributed by atoms with Gasteiger partial charge in [0.2, 0.25) is 12.5 Å². The third-order valence-corrected chi connectivity index (χ3v) is 11.6. The molecule has 2 heterocycles. The summed E-state index contributed by atoms with van der Waals surface area (Å²) in [6.45, 7) is 10.7. The molecule has 314 valence electrons. The van der Waals surface area contributed by atoms with Crippen molar-refractivity contribution < 1.29 is 38.1 Å². The molecule has 0 saturated carbocycles. The monoisotopic (exact) mass is 826 g/mol. The van der Waals surface area contributed by atoms with Crippen molar-refractivity contribution in [3.05, 3.63) is 106 Å². The van der Waals surface area contributed by atoms with Crippen LogP contribution in [0.1, 0.15) is 68.3 Å². The molecule has 14 heteroatoms. The van der Waals surface area contributed by atoms with E-state index in [-0.39, 0.29) is 43.9 Å². The molecular formula is C45H56N5O8S+. The molecule has 2 N–H and O–H groups in total. The number of fused-ring (bicyclic) bond motifs is 3. The lowest BCUT2D eigenvalue weighted by Gasteiger charge is -2.33. The molecule has 1 fully saturated rings. The van der Waals surface area contributed by atoms with Crippen molar-refractivity contribution in [2.75, 3.05) is 59.3 Å². The van der Waals surface area contributed by atoms with Crippen LogP contribution in [0.25, 0.3) is 21.6 Å². The van der Waals surface area contributed by atoms with Crippen LogP contribution in [-0.4, -0.2) is 104 Å². The smallest absolute Gasteiger partial charge is 0.407 e. The minimum Gasteiger partial charge on any atom is -0.449 e. The van der Waals surface area contributed by atoms with Crippen LogP contribution in [0.3, 0.4) is 0 Å². The SMILES string of the molecule is Cc1ncsc1-c1ccc(C[N+](=O)C2CCCN2C(=O)C(NC(=O)CCOCCOCCOCCNC(=O)OCC2c3ccccc3-c3ccccc32)C(C)(C)C)cc1. The Kier molecular flexibility index (Phi) is 15.3. The van der Waals surface area contributed by atoms with Gasteiger partial charge in [0.05, 0.1) is 55.7 Å². The van der Waals surface area contributed by atoms with Crippen LogP contribution in [0, 0.1) is 17.2 Å². The number of nitrogens with zero attached hydrogens (tertiary/aromatic N) is 3. The lowest BCUT2D eigenvalue weighted by Crippen LogP contribution is -2.57. The number of thiazole rings is 1. The van der Waals surface area contributed by atoms with Crippen LogP contribution in [-0.2, 0) is 35.1 Å².